The van der Waals surface area contributed by atoms with Crippen LogP contribution in [0.1, 0.15) is 19.0 Å². The molecule has 1 aliphatic heterocycles. The quantitative estimate of drug-likeness (QED) is 0.831. The van der Waals surface area contributed by atoms with E-state index in [1.54, 1.807) is 0 Å². The van der Waals surface area contributed by atoms with Crippen LogP contribution in [0.3, 0.4) is 0 Å². The van der Waals surface area contributed by atoms with Crippen LogP contribution in [0, 0.1) is 6.92 Å². The zero-order valence-corrected chi connectivity index (χ0v) is 13.2. The van der Waals surface area contributed by atoms with Crippen molar-refractivity contribution >= 4 is 17.7 Å². The summed E-state index contributed by atoms with van der Waals surface area (Å²) >= 11 is 2.04. The van der Waals surface area contributed by atoms with Crippen molar-refractivity contribution in [3.05, 3.63) is 11.8 Å². The van der Waals surface area contributed by atoms with Crippen LogP contribution in [0.15, 0.2) is 6.07 Å². The third-order valence-electron chi connectivity index (χ3n) is 3.10. The summed E-state index contributed by atoms with van der Waals surface area (Å²) in [7, 11) is 0. The van der Waals surface area contributed by atoms with Gasteiger partial charge in [0, 0.05) is 49.4 Å². The Bertz CT molecular complexity index is 410. The van der Waals surface area contributed by atoms with Crippen molar-refractivity contribution in [3.8, 4) is 5.88 Å². The van der Waals surface area contributed by atoms with Gasteiger partial charge in [0.05, 0.1) is 6.61 Å². The Balaban J connectivity index is 1.80. The van der Waals surface area contributed by atoms with Crippen LogP contribution in [-0.2, 0) is 0 Å². The van der Waals surface area contributed by atoms with Crippen LogP contribution >= 0.6 is 11.8 Å². The molecule has 112 valence electrons. The monoisotopic (exact) mass is 296 g/mol. The average molecular weight is 296 g/mol. The first-order valence-electron chi connectivity index (χ1n) is 7.30. The van der Waals surface area contributed by atoms with Gasteiger partial charge in [-0.1, -0.05) is 6.92 Å². The molecular formula is C14H24N4OS. The zero-order chi connectivity index (χ0) is 14.2. The van der Waals surface area contributed by atoms with Crippen molar-refractivity contribution in [3.63, 3.8) is 0 Å². The summed E-state index contributed by atoms with van der Waals surface area (Å²) < 4.78 is 5.57. The summed E-state index contributed by atoms with van der Waals surface area (Å²) in [4.78, 5) is 11.3. The SMILES string of the molecule is CCCOc1cc(C)nc(NCCN2CCSCC2)n1. The number of ether oxygens (including phenoxy) is 1. The smallest absolute Gasteiger partial charge is 0.226 e. The molecular weight excluding hydrogens is 272 g/mol. The highest BCUT2D eigenvalue weighted by atomic mass is 32.2. The second-order valence-electron chi connectivity index (χ2n) is 4.90. The van der Waals surface area contributed by atoms with E-state index in [-0.39, 0.29) is 0 Å². The molecule has 0 amide bonds. The molecule has 1 fully saturated rings. The lowest BCUT2D eigenvalue weighted by atomic mass is 10.4. The van der Waals surface area contributed by atoms with Gasteiger partial charge in [-0.3, -0.25) is 4.90 Å². The highest BCUT2D eigenvalue weighted by Crippen LogP contribution is 2.12. The van der Waals surface area contributed by atoms with Gasteiger partial charge in [0.1, 0.15) is 0 Å². The molecule has 1 aromatic heterocycles. The van der Waals surface area contributed by atoms with Crippen molar-refractivity contribution in [2.24, 2.45) is 0 Å². The fraction of sp³-hybridized carbons (Fsp3) is 0.714. The first-order chi connectivity index (χ1) is 9.78. The largest absolute Gasteiger partial charge is 0.478 e. The molecule has 0 saturated carbocycles. The van der Waals surface area contributed by atoms with E-state index in [9.17, 15) is 0 Å². The van der Waals surface area contributed by atoms with Crippen molar-refractivity contribution in [1.29, 1.82) is 0 Å². The van der Waals surface area contributed by atoms with Gasteiger partial charge in [0.15, 0.2) is 0 Å². The second-order valence-corrected chi connectivity index (χ2v) is 6.13. The second kappa shape index (κ2) is 8.32. The summed E-state index contributed by atoms with van der Waals surface area (Å²) in [5, 5.41) is 3.30. The molecule has 1 N–H and O–H groups in total. The molecule has 0 aromatic carbocycles. The van der Waals surface area contributed by atoms with E-state index in [2.05, 4.69) is 27.1 Å². The number of nitrogens with zero attached hydrogens (tertiary/aromatic N) is 3. The standard InChI is InChI=1S/C14H24N4OS/c1-3-8-19-13-11-12(2)16-14(17-13)15-4-5-18-6-9-20-10-7-18/h11H,3-10H2,1-2H3,(H,15,16,17). The van der Waals surface area contributed by atoms with Crippen LogP contribution in [0.4, 0.5) is 5.95 Å². The minimum atomic E-state index is 0.663. The maximum absolute atomic E-state index is 5.57. The molecule has 0 aliphatic carbocycles. The Hall–Kier alpha value is -1.01. The van der Waals surface area contributed by atoms with Gasteiger partial charge in [0.25, 0.3) is 0 Å². The lowest BCUT2D eigenvalue weighted by Gasteiger charge is -2.26. The molecule has 1 aromatic rings. The first kappa shape index (κ1) is 15.4. The predicted molar refractivity (Wildman–Crippen MR) is 84.8 cm³/mol. The summed E-state index contributed by atoms with van der Waals surface area (Å²) in [5.41, 5.74) is 0.933. The van der Waals surface area contributed by atoms with E-state index in [1.807, 2.05) is 24.8 Å². The van der Waals surface area contributed by atoms with Crippen LogP contribution in [0.2, 0.25) is 0 Å². The van der Waals surface area contributed by atoms with E-state index in [4.69, 9.17) is 4.74 Å². The van der Waals surface area contributed by atoms with E-state index >= 15 is 0 Å². The minimum Gasteiger partial charge on any atom is -0.478 e. The Morgan fingerprint density at radius 1 is 1.35 bits per heavy atom. The molecule has 5 nitrogen and oxygen atoms in total. The highest BCUT2D eigenvalue weighted by molar-refractivity contribution is 7.99. The van der Waals surface area contributed by atoms with Crippen molar-refractivity contribution in [2.45, 2.75) is 20.3 Å². The number of nitrogens with one attached hydrogen (secondary N) is 1. The van der Waals surface area contributed by atoms with Gasteiger partial charge in [-0.15, -0.1) is 0 Å². The van der Waals surface area contributed by atoms with E-state index < -0.39 is 0 Å². The minimum absolute atomic E-state index is 0.663. The molecule has 2 heterocycles. The molecule has 1 aliphatic rings. The Kier molecular flexibility index (Phi) is 6.39. The third-order valence-corrected chi connectivity index (χ3v) is 4.04. The van der Waals surface area contributed by atoms with E-state index in [1.165, 1.54) is 24.6 Å². The van der Waals surface area contributed by atoms with Crippen LogP contribution in [-0.4, -0.2) is 59.2 Å². The lowest BCUT2D eigenvalue weighted by molar-refractivity contribution is 0.304. The van der Waals surface area contributed by atoms with Gasteiger partial charge in [-0.2, -0.15) is 16.7 Å². The molecule has 6 heteroatoms. The first-order valence-corrected chi connectivity index (χ1v) is 8.46. The van der Waals surface area contributed by atoms with Crippen molar-refractivity contribution in [1.82, 2.24) is 14.9 Å². The van der Waals surface area contributed by atoms with Gasteiger partial charge in [-0.05, 0) is 13.3 Å². The summed E-state index contributed by atoms with van der Waals surface area (Å²) in [5.74, 6) is 3.82. The summed E-state index contributed by atoms with van der Waals surface area (Å²) in [6.45, 7) is 9.04. The van der Waals surface area contributed by atoms with Gasteiger partial charge in [0.2, 0.25) is 11.8 Å². The predicted octanol–water partition coefficient (Wildman–Crippen LogP) is 2.03. The number of rotatable bonds is 7. The average Bonchev–Trinajstić information content (AvgIpc) is 2.46. The molecule has 0 bridgehead atoms. The molecule has 2 rings (SSSR count). The van der Waals surface area contributed by atoms with Crippen LogP contribution in [0.25, 0.3) is 0 Å². The number of hydrogen-bond donors (Lipinski definition) is 1. The maximum atomic E-state index is 5.57. The number of aromatic nitrogens is 2. The summed E-state index contributed by atoms with van der Waals surface area (Å²) in [6.07, 6.45) is 0.985. The van der Waals surface area contributed by atoms with E-state index in [0.717, 1.165) is 25.2 Å². The number of hydrogen-bond acceptors (Lipinski definition) is 6. The topological polar surface area (TPSA) is 50.3 Å². The van der Waals surface area contributed by atoms with Gasteiger partial charge < -0.3 is 10.1 Å². The third kappa shape index (κ3) is 5.17. The molecule has 0 unspecified atom stereocenters. The maximum Gasteiger partial charge on any atom is 0.226 e. The van der Waals surface area contributed by atoms with Crippen LogP contribution in [0.5, 0.6) is 5.88 Å². The van der Waals surface area contributed by atoms with Crippen molar-refractivity contribution < 1.29 is 4.74 Å². The molecule has 1 saturated heterocycles. The van der Waals surface area contributed by atoms with E-state index in [0.29, 0.717) is 18.4 Å². The molecule has 0 spiro atoms. The number of aryl methyl sites for hydroxylation is 1. The Morgan fingerprint density at radius 3 is 2.90 bits per heavy atom. The Morgan fingerprint density at radius 2 is 2.15 bits per heavy atom. The molecule has 0 atom stereocenters. The Labute approximate surface area is 125 Å². The van der Waals surface area contributed by atoms with Crippen LogP contribution < -0.4 is 10.1 Å². The zero-order valence-electron chi connectivity index (χ0n) is 12.4. The number of thioether (sulfide) groups is 1. The lowest BCUT2D eigenvalue weighted by Crippen LogP contribution is -2.36. The number of anilines is 1. The molecule has 0 radical (unpaired) electrons. The summed E-state index contributed by atoms with van der Waals surface area (Å²) in [6, 6.07) is 1.88. The van der Waals surface area contributed by atoms with Crippen molar-refractivity contribution in [2.75, 3.05) is 49.6 Å². The fourth-order valence-corrected chi connectivity index (χ4v) is 3.03. The normalized spacial score (nSPS) is 16.1. The van der Waals surface area contributed by atoms with Gasteiger partial charge >= 0.3 is 0 Å². The van der Waals surface area contributed by atoms with Gasteiger partial charge in [-0.25, -0.2) is 4.98 Å². The molecule has 20 heavy (non-hydrogen) atoms. The highest BCUT2D eigenvalue weighted by Gasteiger charge is 2.10. The fourth-order valence-electron chi connectivity index (χ4n) is 2.05.